The average Bonchev–Trinajstić information content (AvgIpc) is 2.29. The average molecular weight is 247 g/mol. The van der Waals surface area contributed by atoms with Crippen molar-refractivity contribution in [2.24, 2.45) is 10.7 Å². The Morgan fingerprint density at radius 3 is 2.17 bits per heavy atom. The van der Waals surface area contributed by atoms with Crippen LogP contribution >= 0.6 is 0 Å². The minimum atomic E-state index is 0.657. The van der Waals surface area contributed by atoms with Crippen LogP contribution in [0.15, 0.2) is 23.2 Å². The molecule has 0 atom stereocenters. The predicted molar refractivity (Wildman–Crippen MR) is 79.0 cm³/mol. The van der Waals surface area contributed by atoms with Crippen LogP contribution < -0.4 is 5.73 Å². The van der Waals surface area contributed by atoms with Gasteiger partial charge in [-0.3, -0.25) is 4.99 Å². The molecule has 18 heavy (non-hydrogen) atoms. The van der Waals surface area contributed by atoms with E-state index in [0.717, 1.165) is 26.1 Å². The fraction of sp³-hybridized carbons (Fsp3) is 0.533. The molecular formula is C15H25N3. The molecule has 0 bridgehead atoms. The van der Waals surface area contributed by atoms with E-state index in [1.54, 1.807) is 0 Å². The first kappa shape index (κ1) is 14.6. The lowest BCUT2D eigenvalue weighted by atomic mass is 10.1. The van der Waals surface area contributed by atoms with E-state index in [1.165, 1.54) is 16.7 Å². The van der Waals surface area contributed by atoms with Gasteiger partial charge in [0.15, 0.2) is 5.96 Å². The molecule has 1 rings (SSSR count). The van der Waals surface area contributed by atoms with Crippen LogP contribution in [0, 0.1) is 13.8 Å². The maximum atomic E-state index is 5.94. The molecule has 0 unspecified atom stereocenters. The molecule has 0 fully saturated rings. The summed E-state index contributed by atoms with van der Waals surface area (Å²) >= 11 is 0. The van der Waals surface area contributed by atoms with Crippen molar-refractivity contribution in [2.75, 3.05) is 19.6 Å². The zero-order valence-corrected chi connectivity index (χ0v) is 12.0. The Labute approximate surface area is 111 Å². The molecule has 0 spiro atoms. The smallest absolute Gasteiger partial charge is 0.191 e. The lowest BCUT2D eigenvalue weighted by molar-refractivity contribution is 0.458. The normalized spacial score (nSPS) is 11.7. The van der Waals surface area contributed by atoms with E-state index in [1.807, 2.05) is 0 Å². The zero-order chi connectivity index (χ0) is 13.5. The number of aryl methyl sites for hydroxylation is 2. The van der Waals surface area contributed by atoms with Crippen LogP contribution in [0.25, 0.3) is 0 Å². The van der Waals surface area contributed by atoms with Crippen LogP contribution in [0.4, 0.5) is 0 Å². The van der Waals surface area contributed by atoms with E-state index < -0.39 is 0 Å². The van der Waals surface area contributed by atoms with Gasteiger partial charge in [-0.25, -0.2) is 0 Å². The topological polar surface area (TPSA) is 41.6 Å². The lowest BCUT2D eigenvalue weighted by Crippen LogP contribution is -2.37. The number of benzene rings is 1. The molecule has 0 saturated carbocycles. The molecule has 2 N–H and O–H groups in total. The van der Waals surface area contributed by atoms with Crippen molar-refractivity contribution in [1.29, 1.82) is 0 Å². The number of aliphatic imine (C=N–C) groups is 1. The number of rotatable bonds is 5. The van der Waals surface area contributed by atoms with Gasteiger partial charge in [0.1, 0.15) is 0 Å². The highest BCUT2D eigenvalue weighted by Crippen LogP contribution is 2.09. The first-order valence-electron chi connectivity index (χ1n) is 6.68. The molecule has 0 amide bonds. The summed E-state index contributed by atoms with van der Waals surface area (Å²) in [4.78, 5) is 6.51. The first-order valence-corrected chi connectivity index (χ1v) is 6.68. The molecular weight excluding hydrogens is 222 g/mol. The SMILES string of the molecule is CCN(CC)C(N)=NCCc1cc(C)cc(C)c1. The van der Waals surface area contributed by atoms with Crippen molar-refractivity contribution in [3.63, 3.8) is 0 Å². The van der Waals surface area contributed by atoms with Gasteiger partial charge in [-0.1, -0.05) is 29.3 Å². The zero-order valence-electron chi connectivity index (χ0n) is 12.0. The molecule has 0 saturated heterocycles. The molecule has 0 heterocycles. The maximum Gasteiger partial charge on any atom is 0.191 e. The van der Waals surface area contributed by atoms with Crippen LogP contribution in [0.1, 0.15) is 30.5 Å². The van der Waals surface area contributed by atoms with Gasteiger partial charge in [-0.2, -0.15) is 0 Å². The summed E-state index contributed by atoms with van der Waals surface area (Å²) in [5.74, 6) is 0.657. The summed E-state index contributed by atoms with van der Waals surface area (Å²) in [5.41, 5.74) is 9.90. The molecule has 3 heteroatoms. The van der Waals surface area contributed by atoms with E-state index >= 15 is 0 Å². The summed E-state index contributed by atoms with van der Waals surface area (Å²) in [5, 5.41) is 0. The second kappa shape index (κ2) is 7.04. The first-order chi connectivity index (χ1) is 8.56. The summed E-state index contributed by atoms with van der Waals surface area (Å²) in [6.45, 7) is 11.0. The van der Waals surface area contributed by atoms with Crippen molar-refractivity contribution >= 4 is 5.96 Å². The minimum Gasteiger partial charge on any atom is -0.370 e. The summed E-state index contributed by atoms with van der Waals surface area (Å²) in [6, 6.07) is 6.63. The Bertz CT molecular complexity index is 386. The van der Waals surface area contributed by atoms with Crippen LogP contribution in [0.2, 0.25) is 0 Å². The van der Waals surface area contributed by atoms with Crippen LogP contribution in [-0.2, 0) is 6.42 Å². The Hall–Kier alpha value is -1.51. The highest BCUT2D eigenvalue weighted by molar-refractivity contribution is 5.77. The highest BCUT2D eigenvalue weighted by atomic mass is 15.2. The van der Waals surface area contributed by atoms with E-state index in [9.17, 15) is 0 Å². The van der Waals surface area contributed by atoms with Gasteiger partial charge in [0.05, 0.1) is 0 Å². The number of hydrogen-bond acceptors (Lipinski definition) is 1. The molecule has 0 radical (unpaired) electrons. The Morgan fingerprint density at radius 2 is 1.67 bits per heavy atom. The fourth-order valence-electron chi connectivity index (χ4n) is 2.16. The summed E-state index contributed by atoms with van der Waals surface area (Å²) < 4.78 is 0. The van der Waals surface area contributed by atoms with Gasteiger partial charge < -0.3 is 10.6 Å². The quantitative estimate of drug-likeness (QED) is 0.641. The Morgan fingerprint density at radius 1 is 1.11 bits per heavy atom. The molecule has 1 aromatic carbocycles. The Kier molecular flexibility index (Phi) is 5.69. The van der Waals surface area contributed by atoms with Gasteiger partial charge in [-0.15, -0.1) is 0 Å². The van der Waals surface area contributed by atoms with Crippen LogP contribution in [-0.4, -0.2) is 30.5 Å². The standard InChI is InChI=1S/C15H25N3/c1-5-18(6-2)15(16)17-8-7-14-10-12(3)9-13(4)11-14/h9-11H,5-8H2,1-4H3,(H2,16,17). The van der Waals surface area contributed by atoms with E-state index in [-0.39, 0.29) is 0 Å². The monoisotopic (exact) mass is 247 g/mol. The van der Waals surface area contributed by atoms with Crippen LogP contribution in [0.3, 0.4) is 0 Å². The highest BCUT2D eigenvalue weighted by Gasteiger charge is 2.01. The Balaban J connectivity index is 2.57. The maximum absolute atomic E-state index is 5.94. The molecule has 100 valence electrons. The van der Waals surface area contributed by atoms with Crippen molar-refractivity contribution < 1.29 is 0 Å². The van der Waals surface area contributed by atoms with Gasteiger partial charge in [0, 0.05) is 19.6 Å². The minimum absolute atomic E-state index is 0.657. The van der Waals surface area contributed by atoms with E-state index in [4.69, 9.17) is 5.73 Å². The lowest BCUT2D eigenvalue weighted by Gasteiger charge is -2.19. The molecule has 3 nitrogen and oxygen atoms in total. The van der Waals surface area contributed by atoms with Gasteiger partial charge in [-0.05, 0) is 39.7 Å². The van der Waals surface area contributed by atoms with Crippen molar-refractivity contribution in [3.8, 4) is 0 Å². The van der Waals surface area contributed by atoms with E-state index in [0.29, 0.717) is 5.96 Å². The van der Waals surface area contributed by atoms with Crippen LogP contribution in [0.5, 0.6) is 0 Å². The van der Waals surface area contributed by atoms with Gasteiger partial charge in [0.2, 0.25) is 0 Å². The predicted octanol–water partition coefficient (Wildman–Crippen LogP) is 2.50. The van der Waals surface area contributed by atoms with Crippen molar-refractivity contribution in [2.45, 2.75) is 34.1 Å². The van der Waals surface area contributed by atoms with Crippen molar-refractivity contribution in [1.82, 2.24) is 4.90 Å². The molecule has 0 aromatic heterocycles. The molecule has 0 aliphatic carbocycles. The number of nitrogens with two attached hydrogens (primary N) is 1. The fourth-order valence-corrected chi connectivity index (χ4v) is 2.16. The second-order valence-corrected chi connectivity index (χ2v) is 4.66. The number of guanidine groups is 1. The third kappa shape index (κ3) is 4.40. The third-order valence-corrected chi connectivity index (χ3v) is 3.04. The number of hydrogen-bond donors (Lipinski definition) is 1. The van der Waals surface area contributed by atoms with E-state index in [2.05, 4.69) is 55.8 Å². The van der Waals surface area contributed by atoms with Crippen molar-refractivity contribution in [3.05, 3.63) is 34.9 Å². The molecule has 0 aliphatic heterocycles. The molecule has 0 aliphatic rings. The number of nitrogens with zero attached hydrogens (tertiary/aromatic N) is 2. The summed E-state index contributed by atoms with van der Waals surface area (Å²) in [6.07, 6.45) is 0.949. The molecule has 1 aromatic rings. The van der Waals surface area contributed by atoms with Gasteiger partial charge in [0.25, 0.3) is 0 Å². The third-order valence-electron chi connectivity index (χ3n) is 3.04. The second-order valence-electron chi connectivity index (χ2n) is 4.66. The summed E-state index contributed by atoms with van der Waals surface area (Å²) in [7, 11) is 0. The van der Waals surface area contributed by atoms with Gasteiger partial charge >= 0.3 is 0 Å². The largest absolute Gasteiger partial charge is 0.370 e.